The summed E-state index contributed by atoms with van der Waals surface area (Å²) >= 11 is 0. The van der Waals surface area contributed by atoms with Gasteiger partial charge in [0.15, 0.2) is 0 Å². The normalized spacial score (nSPS) is 10.1. The van der Waals surface area contributed by atoms with Crippen LogP contribution in [0.15, 0.2) is 48.5 Å². The zero-order chi connectivity index (χ0) is 13.0. The lowest BCUT2D eigenvalue weighted by Crippen LogP contribution is -2.11. The number of rotatable bonds is 3. The molecule has 0 aliphatic carbocycles. The molecule has 2 N–H and O–H groups in total. The van der Waals surface area contributed by atoms with Crippen molar-refractivity contribution in [2.75, 3.05) is 5.73 Å². The van der Waals surface area contributed by atoms with E-state index in [-0.39, 0.29) is 12.4 Å². The maximum absolute atomic E-state index is 11.7. The van der Waals surface area contributed by atoms with Crippen LogP contribution in [-0.4, -0.2) is 5.97 Å². The molecular formula is C15H15NO2. The highest BCUT2D eigenvalue weighted by atomic mass is 16.5. The number of anilines is 1. The summed E-state index contributed by atoms with van der Waals surface area (Å²) in [4.78, 5) is 11.7. The SMILES string of the molecule is Cc1ccc(OC(=O)Cc2ccc(N)cc2)cc1. The van der Waals surface area contributed by atoms with E-state index < -0.39 is 0 Å². The average Bonchev–Trinajstić information content (AvgIpc) is 2.35. The smallest absolute Gasteiger partial charge is 0.315 e. The lowest BCUT2D eigenvalue weighted by Gasteiger charge is -2.05. The van der Waals surface area contributed by atoms with E-state index in [1.165, 1.54) is 0 Å². The molecule has 0 heterocycles. The molecule has 0 fully saturated rings. The number of esters is 1. The monoisotopic (exact) mass is 241 g/mol. The molecule has 2 aromatic carbocycles. The molecule has 3 nitrogen and oxygen atoms in total. The molecule has 2 aromatic rings. The number of hydrogen-bond donors (Lipinski definition) is 1. The Kier molecular flexibility index (Phi) is 3.63. The van der Waals surface area contributed by atoms with Crippen molar-refractivity contribution in [2.24, 2.45) is 0 Å². The van der Waals surface area contributed by atoms with Crippen LogP contribution in [0.5, 0.6) is 5.75 Å². The van der Waals surface area contributed by atoms with Crippen molar-refractivity contribution in [1.29, 1.82) is 0 Å². The van der Waals surface area contributed by atoms with Gasteiger partial charge in [0, 0.05) is 5.69 Å². The molecule has 0 amide bonds. The lowest BCUT2D eigenvalue weighted by molar-refractivity contribution is -0.133. The minimum atomic E-state index is -0.274. The van der Waals surface area contributed by atoms with Crippen molar-refractivity contribution < 1.29 is 9.53 Å². The number of hydrogen-bond acceptors (Lipinski definition) is 3. The fourth-order valence-corrected chi connectivity index (χ4v) is 1.58. The Bertz CT molecular complexity index is 480. The van der Waals surface area contributed by atoms with Gasteiger partial charge in [-0.1, -0.05) is 29.8 Å². The second-order valence-corrected chi connectivity index (χ2v) is 4.21. The third kappa shape index (κ3) is 3.35. The van der Waals surface area contributed by atoms with Gasteiger partial charge in [0.2, 0.25) is 0 Å². The second kappa shape index (κ2) is 5.36. The Labute approximate surface area is 106 Å². The Morgan fingerprint density at radius 2 is 1.67 bits per heavy atom. The van der Waals surface area contributed by atoms with Crippen molar-refractivity contribution in [1.82, 2.24) is 0 Å². The van der Waals surface area contributed by atoms with Gasteiger partial charge in [-0.2, -0.15) is 0 Å². The molecule has 3 heteroatoms. The molecule has 0 atom stereocenters. The largest absolute Gasteiger partial charge is 0.426 e. The molecule has 0 unspecified atom stereocenters. The zero-order valence-corrected chi connectivity index (χ0v) is 10.2. The molecule has 0 aromatic heterocycles. The molecule has 0 radical (unpaired) electrons. The van der Waals surface area contributed by atoms with Gasteiger partial charge in [0.25, 0.3) is 0 Å². The zero-order valence-electron chi connectivity index (χ0n) is 10.2. The van der Waals surface area contributed by atoms with E-state index in [2.05, 4.69) is 0 Å². The van der Waals surface area contributed by atoms with E-state index in [1.54, 1.807) is 24.3 Å². The van der Waals surface area contributed by atoms with E-state index >= 15 is 0 Å². The molecule has 0 aliphatic heterocycles. The fourth-order valence-electron chi connectivity index (χ4n) is 1.58. The van der Waals surface area contributed by atoms with Crippen LogP contribution >= 0.6 is 0 Å². The van der Waals surface area contributed by atoms with Gasteiger partial charge in [0.1, 0.15) is 5.75 Å². The third-order valence-electron chi connectivity index (χ3n) is 2.58. The first-order valence-electron chi connectivity index (χ1n) is 5.75. The minimum Gasteiger partial charge on any atom is -0.426 e. The predicted molar refractivity (Wildman–Crippen MR) is 71.4 cm³/mol. The first-order chi connectivity index (χ1) is 8.63. The Hall–Kier alpha value is -2.29. The van der Waals surface area contributed by atoms with Gasteiger partial charge in [-0.05, 0) is 36.8 Å². The standard InChI is InChI=1S/C15H15NO2/c1-11-2-8-14(9-3-11)18-15(17)10-12-4-6-13(16)7-5-12/h2-9H,10,16H2,1H3. The fraction of sp³-hybridized carbons (Fsp3) is 0.133. The van der Waals surface area contributed by atoms with Crippen molar-refractivity contribution in [2.45, 2.75) is 13.3 Å². The van der Waals surface area contributed by atoms with Gasteiger partial charge in [-0.15, -0.1) is 0 Å². The molecule has 0 aliphatic rings. The molecule has 18 heavy (non-hydrogen) atoms. The van der Waals surface area contributed by atoms with Crippen LogP contribution in [0, 0.1) is 6.92 Å². The molecule has 0 saturated heterocycles. The van der Waals surface area contributed by atoms with Crippen LogP contribution < -0.4 is 10.5 Å². The molecule has 0 saturated carbocycles. The number of aryl methyl sites for hydroxylation is 1. The summed E-state index contributed by atoms with van der Waals surface area (Å²) in [6, 6.07) is 14.6. The first-order valence-corrected chi connectivity index (χ1v) is 5.75. The Balaban J connectivity index is 1.96. The van der Waals surface area contributed by atoms with Crippen LogP contribution in [0.2, 0.25) is 0 Å². The van der Waals surface area contributed by atoms with Gasteiger partial charge >= 0.3 is 5.97 Å². The number of ether oxygens (including phenoxy) is 1. The van der Waals surface area contributed by atoms with Crippen LogP contribution in [0.1, 0.15) is 11.1 Å². The number of nitrogens with two attached hydrogens (primary N) is 1. The maximum atomic E-state index is 11.7. The number of carbonyl (C=O) groups is 1. The van der Waals surface area contributed by atoms with E-state index in [0.29, 0.717) is 11.4 Å². The highest BCUT2D eigenvalue weighted by Crippen LogP contribution is 2.13. The van der Waals surface area contributed by atoms with E-state index in [0.717, 1.165) is 11.1 Å². The molecule has 0 bridgehead atoms. The van der Waals surface area contributed by atoms with Gasteiger partial charge in [-0.3, -0.25) is 4.79 Å². The summed E-state index contributed by atoms with van der Waals surface area (Å²) in [6.45, 7) is 1.99. The predicted octanol–water partition coefficient (Wildman–Crippen LogP) is 2.73. The van der Waals surface area contributed by atoms with E-state index in [9.17, 15) is 4.79 Å². The Morgan fingerprint density at radius 1 is 1.06 bits per heavy atom. The topological polar surface area (TPSA) is 52.3 Å². The molecule has 2 rings (SSSR count). The van der Waals surface area contributed by atoms with Gasteiger partial charge in [0.05, 0.1) is 6.42 Å². The van der Waals surface area contributed by atoms with Gasteiger partial charge < -0.3 is 10.5 Å². The number of nitrogen functional groups attached to an aromatic ring is 1. The quantitative estimate of drug-likeness (QED) is 0.510. The van der Waals surface area contributed by atoms with Crippen LogP contribution in [0.25, 0.3) is 0 Å². The molecule has 92 valence electrons. The van der Waals surface area contributed by atoms with Crippen molar-refractivity contribution in [3.05, 3.63) is 59.7 Å². The van der Waals surface area contributed by atoms with Crippen LogP contribution in [-0.2, 0) is 11.2 Å². The minimum absolute atomic E-state index is 0.244. The second-order valence-electron chi connectivity index (χ2n) is 4.21. The van der Waals surface area contributed by atoms with Crippen LogP contribution in [0.4, 0.5) is 5.69 Å². The first kappa shape index (κ1) is 12.2. The summed E-state index contributed by atoms with van der Waals surface area (Å²) in [5.74, 6) is 0.296. The third-order valence-corrected chi connectivity index (χ3v) is 2.58. The highest BCUT2D eigenvalue weighted by molar-refractivity contribution is 5.75. The average molecular weight is 241 g/mol. The summed E-state index contributed by atoms with van der Waals surface area (Å²) in [7, 11) is 0. The van der Waals surface area contributed by atoms with Crippen molar-refractivity contribution >= 4 is 11.7 Å². The molecular weight excluding hydrogens is 226 g/mol. The van der Waals surface area contributed by atoms with Crippen LogP contribution in [0.3, 0.4) is 0 Å². The summed E-state index contributed by atoms with van der Waals surface area (Å²) in [5, 5.41) is 0. The number of carbonyl (C=O) groups excluding carboxylic acids is 1. The number of benzene rings is 2. The van der Waals surface area contributed by atoms with Gasteiger partial charge in [-0.25, -0.2) is 0 Å². The maximum Gasteiger partial charge on any atom is 0.315 e. The highest BCUT2D eigenvalue weighted by Gasteiger charge is 2.06. The van der Waals surface area contributed by atoms with Crippen molar-refractivity contribution in [3.63, 3.8) is 0 Å². The molecule has 0 spiro atoms. The van der Waals surface area contributed by atoms with E-state index in [1.807, 2.05) is 31.2 Å². The van der Waals surface area contributed by atoms with Crippen molar-refractivity contribution in [3.8, 4) is 5.75 Å². The Morgan fingerprint density at radius 3 is 2.28 bits per heavy atom. The van der Waals surface area contributed by atoms with E-state index in [4.69, 9.17) is 10.5 Å². The lowest BCUT2D eigenvalue weighted by atomic mass is 10.1. The summed E-state index contributed by atoms with van der Waals surface area (Å²) < 4.78 is 5.23. The summed E-state index contributed by atoms with van der Waals surface area (Å²) in [6.07, 6.45) is 0.244. The summed E-state index contributed by atoms with van der Waals surface area (Å²) in [5.41, 5.74) is 8.29.